The molecule has 120 valence electrons. The first-order chi connectivity index (χ1) is 10.7. The largest absolute Gasteiger partial charge is 0.497 e. The summed E-state index contributed by atoms with van der Waals surface area (Å²) in [5, 5.41) is 3.39. The third-order valence-corrected chi connectivity index (χ3v) is 4.04. The number of ether oxygens (including phenoxy) is 1. The predicted molar refractivity (Wildman–Crippen MR) is 97.0 cm³/mol. The van der Waals surface area contributed by atoms with E-state index in [2.05, 4.69) is 14.6 Å². The van der Waals surface area contributed by atoms with Crippen molar-refractivity contribution in [2.45, 2.75) is 31.1 Å². The van der Waals surface area contributed by atoms with E-state index in [1.165, 1.54) is 0 Å². The lowest BCUT2D eigenvalue weighted by Gasteiger charge is -2.15. The Hall–Kier alpha value is -1.09. The Morgan fingerprint density at radius 1 is 1.18 bits per heavy atom. The summed E-state index contributed by atoms with van der Waals surface area (Å²) in [5.74, 6) is 0.987. The van der Waals surface area contributed by atoms with E-state index in [1.54, 1.807) is 13.2 Å². The van der Waals surface area contributed by atoms with Gasteiger partial charge in [0, 0.05) is 17.2 Å². The van der Waals surface area contributed by atoms with Gasteiger partial charge < -0.3 is 10.1 Å². The number of nitrogens with one attached hydrogen (secondary N) is 1. The van der Waals surface area contributed by atoms with Gasteiger partial charge in [0.1, 0.15) is 5.75 Å². The molecule has 0 heterocycles. The highest BCUT2D eigenvalue weighted by molar-refractivity contribution is 7.94. The van der Waals surface area contributed by atoms with E-state index >= 15 is 0 Å². The van der Waals surface area contributed by atoms with Crippen LogP contribution in [0.2, 0.25) is 0 Å². The molecule has 0 radical (unpaired) electrons. The van der Waals surface area contributed by atoms with Crippen molar-refractivity contribution in [3.8, 4) is 5.75 Å². The summed E-state index contributed by atoms with van der Waals surface area (Å²) >= 11 is 0.271. The van der Waals surface area contributed by atoms with E-state index in [-0.39, 0.29) is 17.9 Å². The molecule has 5 heteroatoms. The minimum absolute atomic E-state index is 0.141. The van der Waals surface area contributed by atoms with Crippen molar-refractivity contribution >= 4 is 21.4 Å². The Balaban J connectivity index is 0.00000116. The van der Waals surface area contributed by atoms with Gasteiger partial charge in [-0.05, 0) is 35.4 Å². The molecule has 0 spiro atoms. The number of halogens is 1. The van der Waals surface area contributed by atoms with Gasteiger partial charge in [-0.2, -0.15) is 3.89 Å². The van der Waals surface area contributed by atoms with E-state index in [9.17, 15) is 3.89 Å². The van der Waals surface area contributed by atoms with E-state index in [1.807, 2.05) is 56.3 Å². The Bertz CT molecular complexity index is 551. The Labute approximate surface area is 139 Å². The maximum Gasteiger partial charge on any atom is 0.118 e. The average Bonchev–Trinajstić information content (AvgIpc) is 2.61. The fraction of sp³-hybridized carbons (Fsp3) is 0.294. The molecule has 2 rings (SSSR count). The third kappa shape index (κ3) is 5.96. The van der Waals surface area contributed by atoms with E-state index in [0.29, 0.717) is 11.4 Å². The van der Waals surface area contributed by atoms with Crippen LogP contribution in [0, 0.1) is 0 Å². The summed E-state index contributed by atoms with van der Waals surface area (Å²) < 4.78 is 17.7. The number of hydrogen-bond acceptors (Lipinski definition) is 3. The lowest BCUT2D eigenvalue weighted by molar-refractivity contribution is 0.414. The summed E-state index contributed by atoms with van der Waals surface area (Å²) in [6, 6.07) is 15.4. The zero-order valence-electron chi connectivity index (χ0n) is 13.2. The number of hydrogen-bond donors (Lipinski definition) is 1. The summed E-state index contributed by atoms with van der Waals surface area (Å²) in [6.07, 6.45) is 0. The van der Waals surface area contributed by atoms with Gasteiger partial charge in [0.25, 0.3) is 0 Å². The first-order valence-electron chi connectivity index (χ1n) is 7.23. The minimum atomic E-state index is 0.141. The second-order valence-electron chi connectivity index (χ2n) is 4.36. The summed E-state index contributed by atoms with van der Waals surface area (Å²) in [6.45, 7) is 4.69. The topological polar surface area (TPSA) is 21.3 Å². The fourth-order valence-corrected chi connectivity index (χ4v) is 2.53. The van der Waals surface area contributed by atoms with Crippen LogP contribution < -0.4 is 10.1 Å². The SMILES string of the molecule is CC.COc1ccc(C(P)NCc2cccc(SF)c2)cc1. The minimum Gasteiger partial charge on any atom is -0.497 e. The molecule has 0 aromatic heterocycles. The molecule has 2 unspecified atom stereocenters. The van der Waals surface area contributed by atoms with Crippen LogP contribution in [0.5, 0.6) is 5.75 Å². The van der Waals surface area contributed by atoms with Crippen LogP contribution in [0.1, 0.15) is 30.8 Å². The predicted octanol–water partition coefficient (Wildman–Crippen LogP) is 5.36. The van der Waals surface area contributed by atoms with Crippen LogP contribution in [-0.4, -0.2) is 7.11 Å². The van der Waals surface area contributed by atoms with Gasteiger partial charge in [-0.1, -0.05) is 38.1 Å². The van der Waals surface area contributed by atoms with Gasteiger partial charge in [-0.3, -0.25) is 0 Å². The summed E-state index contributed by atoms with van der Waals surface area (Å²) in [7, 11) is 4.42. The quantitative estimate of drug-likeness (QED) is 0.716. The zero-order chi connectivity index (χ0) is 16.4. The van der Waals surface area contributed by atoms with Crippen LogP contribution in [0.3, 0.4) is 0 Å². The smallest absolute Gasteiger partial charge is 0.118 e. The molecule has 0 aliphatic rings. The highest BCUT2D eigenvalue weighted by Gasteiger charge is 2.05. The van der Waals surface area contributed by atoms with Crippen LogP contribution in [0.4, 0.5) is 3.89 Å². The van der Waals surface area contributed by atoms with Crippen molar-refractivity contribution in [1.82, 2.24) is 5.32 Å². The number of methoxy groups -OCH3 is 1. The van der Waals surface area contributed by atoms with Gasteiger partial charge >= 0.3 is 0 Å². The van der Waals surface area contributed by atoms with Crippen molar-refractivity contribution in [2.75, 3.05) is 7.11 Å². The Morgan fingerprint density at radius 2 is 1.86 bits per heavy atom. The molecule has 0 bridgehead atoms. The highest BCUT2D eigenvalue weighted by Crippen LogP contribution is 2.24. The standard InChI is InChI=1S/C15H17FNOPS.C2H6/c1-18-13-7-5-12(6-8-13)15(19)17-10-11-3-2-4-14(9-11)20-16;1-2/h2-9,15,17H,10,19H2,1H3;1-2H3. The van der Waals surface area contributed by atoms with Gasteiger partial charge in [0.05, 0.1) is 19.3 Å². The Morgan fingerprint density at radius 3 is 2.45 bits per heavy atom. The highest BCUT2D eigenvalue weighted by atomic mass is 32.2. The molecule has 0 fully saturated rings. The maximum absolute atomic E-state index is 12.5. The molecule has 0 amide bonds. The molecule has 0 aliphatic carbocycles. The lowest BCUT2D eigenvalue weighted by atomic mass is 10.2. The molecular weight excluding hydrogens is 316 g/mol. The molecule has 1 N–H and O–H groups in total. The normalized spacial score (nSPS) is 11.3. The molecule has 22 heavy (non-hydrogen) atoms. The van der Waals surface area contributed by atoms with Crippen LogP contribution in [0.25, 0.3) is 0 Å². The van der Waals surface area contributed by atoms with Crippen molar-refractivity contribution in [2.24, 2.45) is 0 Å². The first kappa shape index (κ1) is 19.0. The molecule has 2 aromatic rings. The van der Waals surface area contributed by atoms with Crippen LogP contribution >= 0.6 is 21.4 Å². The number of benzene rings is 2. The third-order valence-electron chi connectivity index (χ3n) is 2.99. The second-order valence-corrected chi connectivity index (χ2v) is 5.65. The van der Waals surface area contributed by atoms with Gasteiger partial charge in [0.15, 0.2) is 0 Å². The van der Waals surface area contributed by atoms with Crippen LogP contribution in [0.15, 0.2) is 53.4 Å². The molecule has 2 atom stereocenters. The zero-order valence-corrected chi connectivity index (χ0v) is 15.1. The van der Waals surface area contributed by atoms with E-state index in [4.69, 9.17) is 4.74 Å². The monoisotopic (exact) mass is 339 g/mol. The molecular formula is C17H23FNOPS. The second kappa shape index (κ2) is 10.6. The number of rotatable bonds is 6. The van der Waals surface area contributed by atoms with Gasteiger partial charge in [-0.25, -0.2) is 0 Å². The van der Waals surface area contributed by atoms with Crippen molar-refractivity contribution in [1.29, 1.82) is 0 Å². The molecule has 0 aliphatic heterocycles. The lowest BCUT2D eigenvalue weighted by Crippen LogP contribution is -2.15. The maximum atomic E-state index is 12.5. The van der Waals surface area contributed by atoms with Crippen LogP contribution in [-0.2, 0) is 6.54 Å². The van der Waals surface area contributed by atoms with E-state index < -0.39 is 0 Å². The van der Waals surface area contributed by atoms with E-state index in [0.717, 1.165) is 16.9 Å². The Kier molecular flexibility index (Phi) is 9.14. The summed E-state index contributed by atoms with van der Waals surface area (Å²) in [5.41, 5.74) is 2.22. The van der Waals surface area contributed by atoms with Crippen molar-refractivity contribution in [3.63, 3.8) is 0 Å². The fourth-order valence-electron chi connectivity index (χ4n) is 1.86. The van der Waals surface area contributed by atoms with Gasteiger partial charge in [0.2, 0.25) is 0 Å². The molecule has 2 nitrogen and oxygen atoms in total. The van der Waals surface area contributed by atoms with Crippen molar-refractivity contribution < 1.29 is 8.62 Å². The van der Waals surface area contributed by atoms with Crippen molar-refractivity contribution in [3.05, 3.63) is 59.7 Å². The summed E-state index contributed by atoms with van der Waals surface area (Å²) in [4.78, 5) is 0.633. The molecule has 2 aromatic carbocycles. The molecule has 0 saturated carbocycles. The first-order valence-corrected chi connectivity index (χ1v) is 8.61. The molecule has 0 saturated heterocycles. The average molecular weight is 339 g/mol. The van der Waals surface area contributed by atoms with Gasteiger partial charge in [-0.15, -0.1) is 9.24 Å².